The Morgan fingerprint density at radius 2 is 1.81 bits per heavy atom. The lowest BCUT2D eigenvalue weighted by Crippen LogP contribution is -2.74. The van der Waals surface area contributed by atoms with Gasteiger partial charge in [-0.05, 0) is 50.4 Å². The van der Waals surface area contributed by atoms with Gasteiger partial charge in [-0.15, -0.1) is 0 Å². The Hall–Kier alpha value is -4.35. The first-order chi connectivity index (χ1) is 24.8. The number of ether oxygens (including phenoxy) is 1. The second kappa shape index (κ2) is 15.3. The molecule has 6 rings (SSSR count). The molecular formula is C38H47ClN8O5. The van der Waals surface area contributed by atoms with Crippen LogP contribution >= 0.6 is 11.6 Å². The molecule has 14 heteroatoms. The average Bonchev–Trinajstić information content (AvgIpc) is 3.12. The van der Waals surface area contributed by atoms with Crippen molar-refractivity contribution in [3.63, 3.8) is 0 Å². The molecule has 2 atom stereocenters. The van der Waals surface area contributed by atoms with Crippen molar-refractivity contribution >= 4 is 29.1 Å². The number of aryl methyl sites for hydroxylation is 1. The predicted molar refractivity (Wildman–Crippen MR) is 196 cm³/mol. The third-order valence-corrected chi connectivity index (χ3v) is 11.2. The first kappa shape index (κ1) is 37.4. The maximum atomic E-state index is 12.8. The van der Waals surface area contributed by atoms with Gasteiger partial charge in [0.2, 0.25) is 5.91 Å². The standard InChI is InChI=1S/C38H47ClN8O5/c1-37(2)35(38(3,4)36(37)52-28-11-9-24(21-40)29(39)20-28)44-33(50)25-8-10-26(41-22-25)7-5-6-14-45-15-17-46(18-16-45)27-19-32(49)47(42-23-27)30-12-13-31(48)43-34(30)51/h8-11,19-20,22-23,30,33,35-36,44,50H,5-7,12-18H2,1-4H3,(H,43,48,51)/t30?,33?,35-,36-. The zero-order chi connectivity index (χ0) is 37.2. The lowest BCUT2D eigenvalue weighted by molar-refractivity contribution is -0.179. The number of anilines is 1. The Bertz CT molecular complexity index is 1870. The van der Waals surface area contributed by atoms with Crippen molar-refractivity contribution in [1.29, 1.82) is 5.26 Å². The van der Waals surface area contributed by atoms with Gasteiger partial charge >= 0.3 is 0 Å². The predicted octanol–water partition coefficient (Wildman–Crippen LogP) is 3.75. The van der Waals surface area contributed by atoms with Gasteiger partial charge in [0.25, 0.3) is 11.5 Å². The molecule has 3 aromatic rings. The summed E-state index contributed by atoms with van der Waals surface area (Å²) in [5.74, 6) is -0.200. The number of hydrogen-bond donors (Lipinski definition) is 3. The highest BCUT2D eigenvalue weighted by Crippen LogP contribution is 2.56. The van der Waals surface area contributed by atoms with Crippen LogP contribution in [0.2, 0.25) is 5.02 Å². The summed E-state index contributed by atoms with van der Waals surface area (Å²) in [6.45, 7) is 12.7. The molecule has 2 aliphatic heterocycles. The van der Waals surface area contributed by atoms with Gasteiger partial charge in [0.15, 0.2) is 0 Å². The minimum Gasteiger partial charge on any atom is -0.489 e. The van der Waals surface area contributed by atoms with E-state index >= 15 is 0 Å². The van der Waals surface area contributed by atoms with Crippen LogP contribution in [0.1, 0.15) is 82.5 Å². The highest BCUT2D eigenvalue weighted by Gasteiger charge is 2.63. The van der Waals surface area contributed by atoms with E-state index in [0.717, 1.165) is 63.4 Å². The van der Waals surface area contributed by atoms with Gasteiger partial charge < -0.3 is 14.7 Å². The normalized spacial score (nSPS) is 23.3. The molecule has 0 radical (unpaired) electrons. The van der Waals surface area contributed by atoms with E-state index in [2.05, 4.69) is 64.3 Å². The van der Waals surface area contributed by atoms with Crippen molar-refractivity contribution in [1.82, 2.24) is 30.3 Å². The number of imide groups is 1. The molecule has 3 fully saturated rings. The van der Waals surface area contributed by atoms with Crippen LogP contribution in [0.25, 0.3) is 0 Å². The lowest BCUT2D eigenvalue weighted by atomic mass is 9.49. The van der Waals surface area contributed by atoms with Crippen molar-refractivity contribution in [2.45, 2.75) is 84.2 Å². The first-order valence-electron chi connectivity index (χ1n) is 17.9. The highest BCUT2D eigenvalue weighted by molar-refractivity contribution is 6.31. The number of unbranched alkanes of at least 4 members (excludes halogenated alkanes) is 1. The summed E-state index contributed by atoms with van der Waals surface area (Å²) < 4.78 is 7.54. The van der Waals surface area contributed by atoms with Crippen molar-refractivity contribution in [2.24, 2.45) is 10.8 Å². The molecule has 1 aliphatic carbocycles. The Morgan fingerprint density at radius 1 is 1.06 bits per heavy atom. The number of nitrogens with zero attached hydrogens (tertiary/aromatic N) is 6. The van der Waals surface area contributed by atoms with E-state index in [1.807, 2.05) is 12.1 Å². The molecule has 2 amide bonds. The number of aromatic nitrogens is 3. The second-order valence-corrected chi connectivity index (χ2v) is 15.6. The fraction of sp³-hybridized carbons (Fsp3) is 0.526. The number of hydrogen-bond acceptors (Lipinski definition) is 11. The largest absolute Gasteiger partial charge is 0.489 e. The van der Waals surface area contributed by atoms with Gasteiger partial charge in [-0.1, -0.05) is 45.4 Å². The number of carbonyl (C=O) groups excluding carboxylic acids is 2. The topological polar surface area (TPSA) is 166 Å². The monoisotopic (exact) mass is 730 g/mol. The maximum Gasteiger partial charge on any atom is 0.269 e. The minimum absolute atomic E-state index is 0.0410. The fourth-order valence-electron chi connectivity index (χ4n) is 8.25. The van der Waals surface area contributed by atoms with Crippen LogP contribution in [-0.4, -0.2) is 81.5 Å². The van der Waals surface area contributed by atoms with Crippen LogP contribution in [0, 0.1) is 22.2 Å². The van der Waals surface area contributed by atoms with Crippen LogP contribution in [0.3, 0.4) is 0 Å². The number of carbonyl (C=O) groups is 2. The molecule has 4 heterocycles. The van der Waals surface area contributed by atoms with Gasteiger partial charge in [0.1, 0.15) is 30.2 Å². The maximum absolute atomic E-state index is 12.8. The van der Waals surface area contributed by atoms with Crippen LogP contribution in [0.5, 0.6) is 5.75 Å². The summed E-state index contributed by atoms with van der Waals surface area (Å²) in [5.41, 5.74) is 1.90. The fourth-order valence-corrected chi connectivity index (χ4v) is 8.47. The number of aliphatic hydroxyl groups is 1. The van der Waals surface area contributed by atoms with Gasteiger partial charge in [0.05, 0.1) is 22.5 Å². The Balaban J connectivity index is 0.918. The number of piperidine rings is 1. The van der Waals surface area contributed by atoms with Gasteiger partial charge in [0, 0.05) is 79.1 Å². The molecule has 2 unspecified atom stereocenters. The van der Waals surface area contributed by atoms with E-state index < -0.39 is 18.2 Å². The third kappa shape index (κ3) is 7.85. The summed E-state index contributed by atoms with van der Waals surface area (Å²) in [5, 5.41) is 30.6. The number of aliphatic hydroxyl groups excluding tert-OH is 1. The van der Waals surface area contributed by atoms with Crippen molar-refractivity contribution < 1.29 is 19.4 Å². The molecule has 3 N–H and O–H groups in total. The Morgan fingerprint density at radius 3 is 2.44 bits per heavy atom. The van der Waals surface area contributed by atoms with Crippen molar-refractivity contribution in [2.75, 3.05) is 37.6 Å². The molecule has 13 nitrogen and oxygen atoms in total. The number of nitrogens with one attached hydrogen (secondary N) is 2. The average molecular weight is 731 g/mol. The molecule has 1 saturated carbocycles. The number of benzene rings is 1. The lowest BCUT2D eigenvalue weighted by Gasteiger charge is -2.63. The molecule has 3 aliphatic rings. The number of pyridine rings is 1. The van der Waals surface area contributed by atoms with E-state index in [0.29, 0.717) is 21.9 Å². The van der Waals surface area contributed by atoms with Crippen LogP contribution in [-0.2, 0) is 16.0 Å². The van der Waals surface area contributed by atoms with Crippen molar-refractivity contribution in [3.05, 3.63) is 81.0 Å². The summed E-state index contributed by atoms with van der Waals surface area (Å²) in [7, 11) is 0. The Kier molecular flexibility index (Phi) is 11.0. The molecular weight excluding hydrogens is 684 g/mol. The minimum atomic E-state index is -0.882. The Labute approximate surface area is 308 Å². The molecule has 1 aromatic carbocycles. The number of rotatable bonds is 12. The summed E-state index contributed by atoms with van der Waals surface area (Å²) in [6, 6.07) is 11.8. The van der Waals surface area contributed by atoms with Crippen LogP contribution in [0.4, 0.5) is 5.69 Å². The number of amides is 2. The highest BCUT2D eigenvalue weighted by atomic mass is 35.5. The molecule has 2 saturated heterocycles. The van der Waals surface area contributed by atoms with E-state index in [4.69, 9.17) is 16.3 Å². The number of halogens is 1. The molecule has 52 heavy (non-hydrogen) atoms. The molecule has 2 aromatic heterocycles. The summed E-state index contributed by atoms with van der Waals surface area (Å²) >= 11 is 6.23. The summed E-state index contributed by atoms with van der Waals surface area (Å²) in [4.78, 5) is 45.6. The molecule has 0 spiro atoms. The second-order valence-electron chi connectivity index (χ2n) is 15.2. The van der Waals surface area contributed by atoms with Crippen molar-refractivity contribution in [3.8, 4) is 11.8 Å². The van der Waals surface area contributed by atoms with Gasteiger partial charge in [-0.3, -0.25) is 34.9 Å². The number of piperazine rings is 1. The zero-order valence-corrected chi connectivity index (χ0v) is 30.9. The SMILES string of the molecule is CC1(C)[C@H](NC(O)c2ccc(CCCCN3CCN(c4cnn(C5CCC(=O)NC5=O)c(=O)c4)CC3)nc2)C(C)(C)[C@H]1Oc1ccc(C#N)c(Cl)c1. The first-order valence-corrected chi connectivity index (χ1v) is 18.3. The third-order valence-electron chi connectivity index (χ3n) is 10.9. The zero-order valence-electron chi connectivity index (χ0n) is 30.1. The van der Waals surface area contributed by atoms with Gasteiger partial charge in [-0.25, -0.2) is 4.68 Å². The van der Waals surface area contributed by atoms with E-state index in [1.54, 1.807) is 30.6 Å². The van der Waals surface area contributed by atoms with Gasteiger partial charge in [-0.2, -0.15) is 10.4 Å². The van der Waals surface area contributed by atoms with Crippen LogP contribution < -0.4 is 25.8 Å². The molecule has 0 bridgehead atoms. The quantitative estimate of drug-likeness (QED) is 0.141. The van der Waals surface area contributed by atoms with Crippen LogP contribution in [0.15, 0.2) is 53.6 Å². The smallest absolute Gasteiger partial charge is 0.269 e. The van der Waals surface area contributed by atoms with E-state index in [1.165, 1.54) is 10.7 Å². The molecule has 276 valence electrons. The summed E-state index contributed by atoms with van der Waals surface area (Å²) in [6.07, 6.45) is 5.68. The van der Waals surface area contributed by atoms with E-state index in [-0.39, 0.29) is 47.3 Å². The van der Waals surface area contributed by atoms with E-state index in [9.17, 15) is 24.8 Å². The number of nitriles is 1.